The Morgan fingerprint density at radius 1 is 1.43 bits per heavy atom. The van der Waals surface area contributed by atoms with Crippen molar-refractivity contribution in [2.45, 2.75) is 39.9 Å². The minimum Gasteiger partial charge on any atom is -0.391 e. The SMILES string of the molecule is CCNc1cc(N2CCC(C)C(O)C2)nc(COCC)n1. The van der Waals surface area contributed by atoms with Gasteiger partial charge in [-0.15, -0.1) is 0 Å². The van der Waals surface area contributed by atoms with Crippen LogP contribution in [-0.4, -0.2) is 47.4 Å². The molecule has 2 heterocycles. The number of hydrogen-bond donors (Lipinski definition) is 2. The number of hydrogen-bond acceptors (Lipinski definition) is 6. The number of aliphatic hydroxyl groups excluding tert-OH is 1. The van der Waals surface area contributed by atoms with Crippen molar-refractivity contribution in [1.29, 1.82) is 0 Å². The smallest absolute Gasteiger partial charge is 0.158 e. The fraction of sp³-hybridized carbons (Fsp3) is 0.733. The Balaban J connectivity index is 2.18. The molecule has 2 rings (SSSR count). The van der Waals surface area contributed by atoms with Crippen LogP contribution < -0.4 is 10.2 Å². The van der Waals surface area contributed by atoms with Crippen molar-refractivity contribution in [2.24, 2.45) is 5.92 Å². The number of piperidine rings is 1. The van der Waals surface area contributed by atoms with Crippen LogP contribution in [0, 0.1) is 5.92 Å². The highest BCUT2D eigenvalue weighted by atomic mass is 16.5. The van der Waals surface area contributed by atoms with E-state index in [0.717, 1.165) is 31.1 Å². The maximum absolute atomic E-state index is 10.1. The van der Waals surface area contributed by atoms with E-state index in [1.54, 1.807) is 0 Å². The molecule has 0 saturated carbocycles. The molecule has 2 unspecified atom stereocenters. The van der Waals surface area contributed by atoms with E-state index in [-0.39, 0.29) is 6.10 Å². The van der Waals surface area contributed by atoms with Crippen LogP contribution in [0.1, 0.15) is 33.0 Å². The van der Waals surface area contributed by atoms with E-state index in [0.29, 0.717) is 31.5 Å². The molecule has 1 saturated heterocycles. The van der Waals surface area contributed by atoms with Gasteiger partial charge in [0, 0.05) is 32.3 Å². The Morgan fingerprint density at radius 2 is 2.24 bits per heavy atom. The van der Waals surface area contributed by atoms with Gasteiger partial charge in [-0.1, -0.05) is 6.92 Å². The van der Waals surface area contributed by atoms with E-state index in [4.69, 9.17) is 4.74 Å². The number of β-amino-alcohol motifs (C(OH)–C–C–N with tert-alkyl or cyclic N) is 1. The molecule has 1 aliphatic rings. The average molecular weight is 294 g/mol. The summed E-state index contributed by atoms with van der Waals surface area (Å²) in [6, 6.07) is 1.95. The van der Waals surface area contributed by atoms with E-state index in [2.05, 4.69) is 27.1 Å². The third kappa shape index (κ3) is 4.28. The van der Waals surface area contributed by atoms with Crippen LogP contribution in [0.5, 0.6) is 0 Å². The molecule has 0 spiro atoms. The zero-order chi connectivity index (χ0) is 15.2. The first-order valence-corrected chi connectivity index (χ1v) is 7.76. The summed E-state index contributed by atoms with van der Waals surface area (Å²) >= 11 is 0. The van der Waals surface area contributed by atoms with Crippen LogP contribution in [0.4, 0.5) is 11.6 Å². The summed E-state index contributed by atoms with van der Waals surface area (Å²) in [7, 11) is 0. The largest absolute Gasteiger partial charge is 0.391 e. The molecule has 1 fully saturated rings. The van der Waals surface area contributed by atoms with Crippen molar-refractivity contribution in [3.63, 3.8) is 0 Å². The molecule has 6 heteroatoms. The second-order valence-corrected chi connectivity index (χ2v) is 5.47. The summed E-state index contributed by atoms with van der Waals surface area (Å²) < 4.78 is 5.41. The molecule has 2 atom stereocenters. The molecule has 1 aromatic heterocycles. The van der Waals surface area contributed by atoms with Crippen LogP contribution >= 0.6 is 0 Å². The Hall–Kier alpha value is -1.40. The van der Waals surface area contributed by atoms with Crippen molar-refractivity contribution >= 4 is 11.6 Å². The summed E-state index contributed by atoms with van der Waals surface area (Å²) in [4.78, 5) is 11.2. The third-order valence-corrected chi connectivity index (χ3v) is 3.79. The Morgan fingerprint density at radius 3 is 2.90 bits per heavy atom. The molecular weight excluding hydrogens is 268 g/mol. The maximum Gasteiger partial charge on any atom is 0.158 e. The van der Waals surface area contributed by atoms with Crippen molar-refractivity contribution in [2.75, 3.05) is 36.5 Å². The molecule has 0 amide bonds. The van der Waals surface area contributed by atoms with Crippen molar-refractivity contribution in [3.8, 4) is 0 Å². The minimum absolute atomic E-state index is 0.299. The molecule has 2 N–H and O–H groups in total. The van der Waals surface area contributed by atoms with E-state index < -0.39 is 0 Å². The maximum atomic E-state index is 10.1. The number of ether oxygens (including phenoxy) is 1. The van der Waals surface area contributed by atoms with Gasteiger partial charge in [0.05, 0.1) is 6.10 Å². The van der Waals surface area contributed by atoms with E-state index in [1.807, 2.05) is 19.9 Å². The van der Waals surface area contributed by atoms with E-state index >= 15 is 0 Å². The molecule has 0 aliphatic carbocycles. The number of anilines is 2. The lowest BCUT2D eigenvalue weighted by Gasteiger charge is -2.35. The van der Waals surface area contributed by atoms with Gasteiger partial charge in [0.1, 0.15) is 18.2 Å². The van der Waals surface area contributed by atoms with Gasteiger partial charge in [0.2, 0.25) is 0 Å². The number of rotatable bonds is 6. The lowest BCUT2D eigenvalue weighted by atomic mass is 9.96. The summed E-state index contributed by atoms with van der Waals surface area (Å²) in [5, 5.41) is 13.3. The van der Waals surface area contributed by atoms with Gasteiger partial charge in [0.15, 0.2) is 5.82 Å². The van der Waals surface area contributed by atoms with Crippen LogP contribution in [-0.2, 0) is 11.3 Å². The third-order valence-electron chi connectivity index (χ3n) is 3.79. The van der Waals surface area contributed by atoms with E-state index in [1.165, 1.54) is 0 Å². The zero-order valence-corrected chi connectivity index (χ0v) is 13.2. The quantitative estimate of drug-likeness (QED) is 0.831. The lowest BCUT2D eigenvalue weighted by Crippen LogP contribution is -2.43. The van der Waals surface area contributed by atoms with Crippen LogP contribution in [0.2, 0.25) is 0 Å². The highest BCUT2D eigenvalue weighted by Gasteiger charge is 2.25. The second-order valence-electron chi connectivity index (χ2n) is 5.47. The van der Waals surface area contributed by atoms with Gasteiger partial charge in [-0.2, -0.15) is 0 Å². The molecule has 118 valence electrons. The zero-order valence-electron chi connectivity index (χ0n) is 13.2. The Labute approximate surface area is 126 Å². The number of nitrogens with one attached hydrogen (secondary N) is 1. The van der Waals surface area contributed by atoms with E-state index in [9.17, 15) is 5.11 Å². The Bertz CT molecular complexity index is 455. The molecule has 0 bridgehead atoms. The lowest BCUT2D eigenvalue weighted by molar-refractivity contribution is 0.102. The summed E-state index contributed by atoms with van der Waals surface area (Å²) in [5.41, 5.74) is 0. The predicted octanol–water partition coefficient (Wildman–Crippen LogP) is 1.65. The average Bonchev–Trinajstić information content (AvgIpc) is 2.48. The highest BCUT2D eigenvalue weighted by molar-refractivity contribution is 5.49. The number of nitrogens with zero attached hydrogens (tertiary/aromatic N) is 3. The first-order chi connectivity index (χ1) is 10.1. The fourth-order valence-electron chi connectivity index (χ4n) is 2.43. The molecule has 0 radical (unpaired) electrons. The molecule has 0 aromatic carbocycles. The Kier molecular flexibility index (Phi) is 5.76. The molecule has 21 heavy (non-hydrogen) atoms. The van der Waals surface area contributed by atoms with Gasteiger partial charge < -0.3 is 20.1 Å². The van der Waals surface area contributed by atoms with Crippen LogP contribution in [0.15, 0.2) is 6.07 Å². The summed E-state index contributed by atoms with van der Waals surface area (Å²) in [5.74, 6) is 2.70. The van der Waals surface area contributed by atoms with Gasteiger partial charge in [-0.25, -0.2) is 9.97 Å². The fourth-order valence-corrected chi connectivity index (χ4v) is 2.43. The normalized spacial score (nSPS) is 22.4. The standard InChI is InChI=1S/C15H26N4O2/c1-4-16-13-8-15(18-14(17-13)10-21-5-2)19-7-6-11(3)12(20)9-19/h8,11-12,20H,4-7,9-10H2,1-3H3,(H,16,17,18). The minimum atomic E-state index is -0.299. The van der Waals surface area contributed by atoms with Crippen LogP contribution in [0.3, 0.4) is 0 Å². The number of aromatic nitrogens is 2. The number of aliphatic hydroxyl groups is 1. The van der Waals surface area contributed by atoms with Gasteiger partial charge >= 0.3 is 0 Å². The molecule has 1 aromatic rings. The van der Waals surface area contributed by atoms with Crippen LogP contribution in [0.25, 0.3) is 0 Å². The van der Waals surface area contributed by atoms with Gasteiger partial charge in [-0.05, 0) is 26.2 Å². The monoisotopic (exact) mass is 294 g/mol. The van der Waals surface area contributed by atoms with Gasteiger partial charge in [-0.3, -0.25) is 0 Å². The van der Waals surface area contributed by atoms with Crippen molar-refractivity contribution in [1.82, 2.24) is 9.97 Å². The summed E-state index contributed by atoms with van der Waals surface area (Å²) in [6.07, 6.45) is 0.675. The predicted molar refractivity (Wildman–Crippen MR) is 83.5 cm³/mol. The topological polar surface area (TPSA) is 70.5 Å². The summed E-state index contributed by atoms with van der Waals surface area (Å²) in [6.45, 7) is 9.48. The van der Waals surface area contributed by atoms with Crippen molar-refractivity contribution in [3.05, 3.63) is 11.9 Å². The highest BCUT2D eigenvalue weighted by Crippen LogP contribution is 2.23. The second kappa shape index (κ2) is 7.56. The van der Waals surface area contributed by atoms with Gasteiger partial charge in [0.25, 0.3) is 0 Å². The molecule has 6 nitrogen and oxygen atoms in total. The first kappa shape index (κ1) is 16.0. The molecule has 1 aliphatic heterocycles. The molecular formula is C15H26N4O2. The first-order valence-electron chi connectivity index (χ1n) is 7.76. The van der Waals surface area contributed by atoms with Crippen molar-refractivity contribution < 1.29 is 9.84 Å².